The number of halogens is 2. The number of ketones is 2. The number of aliphatic hydroxyl groups excluding tert-OH is 3. The van der Waals surface area contributed by atoms with E-state index in [1.807, 2.05) is 0 Å². The molecule has 5 unspecified atom stereocenters. The summed E-state index contributed by atoms with van der Waals surface area (Å²) >= 11 is 0. The highest BCUT2D eigenvalue weighted by Gasteiger charge is 2.67. The highest BCUT2D eigenvalue weighted by molar-refractivity contribution is 6.25. The van der Waals surface area contributed by atoms with E-state index in [1.54, 1.807) is 14.0 Å². The summed E-state index contributed by atoms with van der Waals surface area (Å²) in [7, 11) is 4.47. The average Bonchev–Trinajstić information content (AvgIpc) is 2.82. The molecule has 13 nitrogen and oxygen atoms in total. The maximum absolute atomic E-state index is 13.8. The van der Waals surface area contributed by atoms with Gasteiger partial charge in [0.1, 0.15) is 17.1 Å². The molecule has 3 aliphatic carbocycles. The Bertz CT molecular complexity index is 1350. The quantitative estimate of drug-likeness (QED) is 0.161. The lowest BCUT2D eigenvalue weighted by Gasteiger charge is -2.53. The van der Waals surface area contributed by atoms with Gasteiger partial charge in [0.2, 0.25) is 11.7 Å². The van der Waals surface area contributed by atoms with Crippen LogP contribution in [-0.4, -0.2) is 99.2 Å². The van der Waals surface area contributed by atoms with E-state index in [0.717, 1.165) is 0 Å². The Hall–Kier alpha value is -3.20. The van der Waals surface area contributed by atoms with Crippen molar-refractivity contribution in [1.82, 2.24) is 10.2 Å². The highest BCUT2D eigenvalue weighted by atomic mass is 35.5. The second-order valence-electron chi connectivity index (χ2n) is 10.1. The summed E-state index contributed by atoms with van der Waals surface area (Å²) in [5.74, 6) is -10.3. The van der Waals surface area contributed by atoms with Gasteiger partial charge in [-0.3, -0.25) is 24.1 Å². The van der Waals surface area contributed by atoms with Gasteiger partial charge in [-0.05, 0) is 38.7 Å². The Balaban J connectivity index is 0.00000280. The number of benzene rings is 1. The molecule has 3 aliphatic rings. The molecule has 1 aromatic rings. The van der Waals surface area contributed by atoms with Crippen molar-refractivity contribution < 1.29 is 44.7 Å². The fourth-order valence-corrected chi connectivity index (χ4v) is 6.08. The van der Waals surface area contributed by atoms with Crippen LogP contribution in [0, 0.1) is 11.8 Å². The average molecular weight is 603 g/mol. The van der Waals surface area contributed by atoms with Crippen molar-refractivity contribution >= 4 is 53.9 Å². The van der Waals surface area contributed by atoms with Gasteiger partial charge in [0.05, 0.1) is 35.9 Å². The molecule has 220 valence electrons. The zero-order valence-corrected chi connectivity index (χ0v) is 23.6. The first-order valence-corrected chi connectivity index (χ1v) is 11.8. The van der Waals surface area contributed by atoms with Crippen molar-refractivity contribution in [3.05, 3.63) is 45.9 Å². The molecule has 6 atom stereocenters. The third-order valence-corrected chi connectivity index (χ3v) is 7.74. The number of anilines is 1. The largest absolute Gasteiger partial charge is 0.510 e. The molecule has 0 spiro atoms. The summed E-state index contributed by atoms with van der Waals surface area (Å²) < 4.78 is 0. The number of nitrogens with one attached hydrogen (secondary N) is 2. The van der Waals surface area contributed by atoms with Gasteiger partial charge in [0.15, 0.2) is 17.1 Å². The number of nitrogens with zero attached hydrogens (tertiary/aromatic N) is 1. The van der Waals surface area contributed by atoms with E-state index in [0.29, 0.717) is 5.56 Å². The number of hydrogen-bond donors (Lipinski definition) is 8. The summed E-state index contributed by atoms with van der Waals surface area (Å²) in [6.45, 7) is 1.54. The fraction of sp³-hybridized carbons (Fsp3) is 0.440. The lowest BCUT2D eigenvalue weighted by atomic mass is 9.55. The van der Waals surface area contributed by atoms with Crippen LogP contribution in [0.2, 0.25) is 0 Å². The van der Waals surface area contributed by atoms with Crippen LogP contribution >= 0.6 is 24.8 Å². The van der Waals surface area contributed by atoms with Crippen LogP contribution in [0.15, 0.2) is 34.8 Å². The third kappa shape index (κ3) is 4.42. The van der Waals surface area contributed by atoms with E-state index in [1.165, 1.54) is 31.1 Å². The first kappa shape index (κ1) is 33.0. The van der Waals surface area contributed by atoms with E-state index in [4.69, 9.17) is 5.73 Å². The minimum Gasteiger partial charge on any atom is -0.510 e. The number of likely N-dealkylation sites (N-methyl/N-ethyl adjacent to an activating group) is 2. The summed E-state index contributed by atoms with van der Waals surface area (Å²) in [6.07, 6.45) is -1.68. The summed E-state index contributed by atoms with van der Waals surface area (Å²) in [6, 6.07) is 1.55. The molecule has 0 heterocycles. The van der Waals surface area contributed by atoms with Crippen LogP contribution in [-0.2, 0) is 14.4 Å². The number of nitrogens with two attached hydrogens (primary N) is 1. The van der Waals surface area contributed by atoms with E-state index in [2.05, 4.69) is 10.6 Å². The smallest absolute Gasteiger partial charge is 0.255 e. The van der Waals surface area contributed by atoms with Crippen molar-refractivity contribution in [2.45, 2.75) is 30.6 Å². The first-order chi connectivity index (χ1) is 17.7. The Labute approximate surface area is 241 Å². The van der Waals surface area contributed by atoms with Crippen molar-refractivity contribution in [1.29, 1.82) is 0 Å². The molecule has 0 saturated carbocycles. The second-order valence-corrected chi connectivity index (χ2v) is 10.1. The normalized spacial score (nSPS) is 29.1. The number of phenolic OH excluding ortho intramolecular Hbond substituents is 1. The predicted octanol–water partition coefficient (Wildman–Crippen LogP) is -0.346. The fourth-order valence-electron chi connectivity index (χ4n) is 6.08. The van der Waals surface area contributed by atoms with Crippen LogP contribution in [0.4, 0.5) is 5.69 Å². The van der Waals surface area contributed by atoms with Crippen molar-refractivity contribution in [2.75, 3.05) is 33.0 Å². The van der Waals surface area contributed by atoms with E-state index in [9.17, 15) is 44.7 Å². The number of amides is 2. The van der Waals surface area contributed by atoms with Crippen LogP contribution in [0.5, 0.6) is 5.75 Å². The van der Waals surface area contributed by atoms with Gasteiger partial charge < -0.3 is 41.9 Å². The molecule has 40 heavy (non-hydrogen) atoms. The Kier molecular flexibility index (Phi) is 9.37. The number of Topliss-reactive ketones (excluding diaryl/α,β-unsaturated/α-hetero) is 2. The van der Waals surface area contributed by atoms with E-state index < -0.39 is 87.3 Å². The highest BCUT2D eigenvalue weighted by Crippen LogP contribution is 2.55. The van der Waals surface area contributed by atoms with Crippen LogP contribution in [0.3, 0.4) is 0 Å². The standard InChI is InChI=1S/C25H30N4O9.2ClH/c1-8-9-5-6-10(28-11(30)7-27-2)18(31)13(9)19(32)14-12(8)20(33)16-17(29(3)4)21(34)15(24(26)37)23(36)25(16,38)22(14)35;;/h5-6,8,12,16-17,20,27,31,33-35,38H,7H2,1-4H3,(H2,26,37)(H,28,30);2*1H/t8?,12?,16?,17-,20?,25?;;/m0../s1. The minimum absolute atomic E-state index is 0. The molecule has 9 N–H and O–H groups in total. The molecule has 2 amide bonds. The molecule has 0 aromatic heterocycles. The zero-order chi connectivity index (χ0) is 28.4. The second kappa shape index (κ2) is 11.4. The molecule has 4 rings (SSSR count). The summed E-state index contributed by atoms with van der Waals surface area (Å²) in [5, 5.41) is 61.5. The molecule has 0 aliphatic heterocycles. The molecular weight excluding hydrogens is 571 g/mol. The van der Waals surface area contributed by atoms with Gasteiger partial charge in [0.25, 0.3) is 5.91 Å². The van der Waals surface area contributed by atoms with Crippen LogP contribution < -0.4 is 16.4 Å². The van der Waals surface area contributed by atoms with Gasteiger partial charge in [-0.2, -0.15) is 0 Å². The minimum atomic E-state index is -2.99. The SMILES string of the molecule is CNCC(=O)Nc1ccc2c(c1O)C(=O)C1=C(O)C3(O)C(=O)C(C(N)=O)=C(O)[C@@H](N(C)C)C3C(O)C1C2C.Cl.Cl. The number of aromatic hydroxyl groups is 1. The lowest BCUT2D eigenvalue weighted by molar-refractivity contribution is -0.162. The number of fused-ring (bicyclic) bond motifs is 3. The number of phenols is 1. The number of hydrogen-bond acceptors (Lipinski definition) is 11. The van der Waals surface area contributed by atoms with Gasteiger partial charge in [-0.25, -0.2) is 0 Å². The Morgan fingerprint density at radius 2 is 1.73 bits per heavy atom. The number of rotatable bonds is 5. The monoisotopic (exact) mass is 602 g/mol. The van der Waals surface area contributed by atoms with Gasteiger partial charge in [-0.1, -0.05) is 13.0 Å². The van der Waals surface area contributed by atoms with Gasteiger partial charge >= 0.3 is 0 Å². The molecule has 0 bridgehead atoms. The maximum Gasteiger partial charge on any atom is 0.255 e. The van der Waals surface area contributed by atoms with Crippen molar-refractivity contribution in [3.63, 3.8) is 0 Å². The molecule has 0 saturated heterocycles. The summed E-state index contributed by atoms with van der Waals surface area (Å²) in [5.41, 5.74) is 0.759. The molecule has 0 fully saturated rings. The van der Waals surface area contributed by atoms with Gasteiger partial charge in [-0.15, -0.1) is 24.8 Å². The topological polar surface area (TPSA) is 223 Å². The van der Waals surface area contributed by atoms with E-state index in [-0.39, 0.29) is 42.6 Å². The van der Waals surface area contributed by atoms with Crippen molar-refractivity contribution in [2.24, 2.45) is 17.6 Å². The van der Waals surface area contributed by atoms with E-state index >= 15 is 0 Å². The molecular formula is C25H32Cl2N4O9. The summed E-state index contributed by atoms with van der Waals surface area (Å²) in [4.78, 5) is 52.6. The number of carbonyl (C=O) groups is 4. The molecule has 15 heteroatoms. The maximum atomic E-state index is 13.8. The number of carbonyl (C=O) groups excluding carboxylic acids is 4. The Morgan fingerprint density at radius 1 is 1.12 bits per heavy atom. The third-order valence-electron chi connectivity index (χ3n) is 7.74. The zero-order valence-electron chi connectivity index (χ0n) is 22.0. The first-order valence-electron chi connectivity index (χ1n) is 11.8. The molecule has 1 aromatic carbocycles. The number of aliphatic hydroxyl groups is 4. The van der Waals surface area contributed by atoms with Gasteiger partial charge in [0, 0.05) is 11.5 Å². The lowest BCUT2D eigenvalue weighted by Crippen LogP contribution is -2.68. The van der Waals surface area contributed by atoms with Crippen LogP contribution in [0.25, 0.3) is 0 Å². The Morgan fingerprint density at radius 3 is 2.25 bits per heavy atom. The van der Waals surface area contributed by atoms with Crippen LogP contribution in [0.1, 0.15) is 28.8 Å². The van der Waals surface area contributed by atoms with Crippen molar-refractivity contribution in [3.8, 4) is 5.75 Å². The predicted molar refractivity (Wildman–Crippen MR) is 147 cm³/mol. The number of primary amides is 1. The molecule has 0 radical (unpaired) electrons.